The van der Waals surface area contributed by atoms with Gasteiger partial charge in [-0.3, -0.25) is 4.79 Å². The van der Waals surface area contributed by atoms with Gasteiger partial charge in [0.2, 0.25) is 0 Å². The van der Waals surface area contributed by atoms with Crippen LogP contribution in [0.25, 0.3) is 0 Å². The molecule has 0 aromatic heterocycles. The third kappa shape index (κ3) is 3.77. The maximum absolute atomic E-state index is 12.5. The Balaban J connectivity index is 2.34. The lowest BCUT2D eigenvalue weighted by atomic mass is 10.1. The Hall–Kier alpha value is -1.53. The maximum Gasteiger partial charge on any atom is 0.261 e. The lowest BCUT2D eigenvalue weighted by Crippen LogP contribution is -2.16. The highest BCUT2D eigenvalue weighted by molar-refractivity contribution is 9.11. The van der Waals surface area contributed by atoms with E-state index in [1.165, 1.54) is 0 Å². The van der Waals surface area contributed by atoms with E-state index < -0.39 is 0 Å². The monoisotopic (exact) mass is 412 g/mol. The molecule has 2 aromatic rings. The van der Waals surface area contributed by atoms with Crippen LogP contribution >= 0.6 is 31.9 Å². The van der Waals surface area contributed by atoms with Crippen molar-refractivity contribution in [3.63, 3.8) is 0 Å². The number of hydrogen-bond acceptors (Lipinski definition) is 3. The van der Waals surface area contributed by atoms with Crippen molar-refractivity contribution in [2.45, 2.75) is 6.92 Å². The van der Waals surface area contributed by atoms with Gasteiger partial charge in [-0.2, -0.15) is 0 Å². The summed E-state index contributed by atoms with van der Waals surface area (Å²) in [5.41, 5.74) is 7.28. The highest BCUT2D eigenvalue weighted by atomic mass is 79.9. The number of carbonyl (C=O) groups is 1. The van der Waals surface area contributed by atoms with Crippen molar-refractivity contribution >= 4 is 49.1 Å². The standard InChI is InChI=1S/C15H14Br2N2O2/c1-2-21-13-5-3-4-11(18)14(13)15(20)19-12-8-9(16)6-7-10(12)17/h3-8H,2,18H2,1H3,(H,19,20). The summed E-state index contributed by atoms with van der Waals surface area (Å²) >= 11 is 6.78. The molecule has 0 atom stereocenters. The largest absolute Gasteiger partial charge is 0.493 e. The smallest absolute Gasteiger partial charge is 0.261 e. The first-order valence-corrected chi connectivity index (χ1v) is 7.89. The van der Waals surface area contributed by atoms with E-state index in [9.17, 15) is 4.79 Å². The second-order valence-electron chi connectivity index (χ2n) is 4.23. The van der Waals surface area contributed by atoms with Gasteiger partial charge in [0.25, 0.3) is 5.91 Å². The number of rotatable bonds is 4. The zero-order chi connectivity index (χ0) is 15.4. The van der Waals surface area contributed by atoms with E-state index in [0.29, 0.717) is 29.3 Å². The molecular formula is C15H14Br2N2O2. The van der Waals surface area contributed by atoms with Crippen LogP contribution in [0.4, 0.5) is 11.4 Å². The minimum Gasteiger partial charge on any atom is -0.493 e. The first kappa shape index (κ1) is 15.9. The van der Waals surface area contributed by atoms with Crippen LogP contribution in [0.15, 0.2) is 45.3 Å². The molecular weight excluding hydrogens is 400 g/mol. The van der Waals surface area contributed by atoms with E-state index in [1.807, 2.05) is 25.1 Å². The van der Waals surface area contributed by atoms with Gasteiger partial charge >= 0.3 is 0 Å². The Labute approximate surface area is 139 Å². The van der Waals surface area contributed by atoms with E-state index in [1.54, 1.807) is 18.2 Å². The summed E-state index contributed by atoms with van der Waals surface area (Å²) in [6.45, 7) is 2.32. The number of hydrogen-bond donors (Lipinski definition) is 2. The average Bonchev–Trinajstić information content (AvgIpc) is 2.43. The van der Waals surface area contributed by atoms with E-state index in [2.05, 4.69) is 37.2 Å². The minimum absolute atomic E-state index is 0.310. The molecule has 0 fully saturated rings. The predicted octanol–water partition coefficient (Wildman–Crippen LogP) is 4.44. The maximum atomic E-state index is 12.5. The SMILES string of the molecule is CCOc1cccc(N)c1C(=O)Nc1cc(Br)ccc1Br. The first-order chi connectivity index (χ1) is 10.0. The molecule has 6 heteroatoms. The molecule has 2 aromatic carbocycles. The van der Waals surface area contributed by atoms with Gasteiger partial charge in [-0.15, -0.1) is 0 Å². The van der Waals surface area contributed by atoms with Crippen LogP contribution in [0, 0.1) is 0 Å². The zero-order valence-corrected chi connectivity index (χ0v) is 14.5. The number of amides is 1. The molecule has 0 saturated carbocycles. The fourth-order valence-electron chi connectivity index (χ4n) is 1.84. The van der Waals surface area contributed by atoms with E-state index in [4.69, 9.17) is 10.5 Å². The number of nitrogens with two attached hydrogens (primary N) is 1. The summed E-state index contributed by atoms with van der Waals surface area (Å²) < 4.78 is 7.12. The quantitative estimate of drug-likeness (QED) is 0.728. The highest BCUT2D eigenvalue weighted by Crippen LogP contribution is 2.29. The summed E-state index contributed by atoms with van der Waals surface area (Å²) in [4.78, 5) is 12.5. The van der Waals surface area contributed by atoms with Crippen molar-refractivity contribution in [1.29, 1.82) is 0 Å². The Morgan fingerprint density at radius 3 is 2.76 bits per heavy atom. The van der Waals surface area contributed by atoms with Gasteiger partial charge in [-0.05, 0) is 53.2 Å². The summed E-state index contributed by atoms with van der Waals surface area (Å²) in [7, 11) is 0. The lowest BCUT2D eigenvalue weighted by molar-refractivity contribution is 0.102. The van der Waals surface area contributed by atoms with Gasteiger partial charge in [0.05, 0.1) is 12.3 Å². The molecule has 110 valence electrons. The molecule has 0 aliphatic heterocycles. The predicted molar refractivity (Wildman–Crippen MR) is 91.8 cm³/mol. The van der Waals surface area contributed by atoms with Gasteiger partial charge in [0.15, 0.2) is 0 Å². The molecule has 0 saturated heterocycles. The molecule has 1 amide bonds. The highest BCUT2D eigenvalue weighted by Gasteiger charge is 2.17. The average molecular weight is 414 g/mol. The summed E-state index contributed by atoms with van der Waals surface area (Å²) in [6, 6.07) is 10.7. The van der Waals surface area contributed by atoms with Crippen molar-refractivity contribution in [3.8, 4) is 5.75 Å². The van der Waals surface area contributed by atoms with Crippen molar-refractivity contribution < 1.29 is 9.53 Å². The fraction of sp³-hybridized carbons (Fsp3) is 0.133. The Kier molecular flexibility index (Phi) is 5.25. The van der Waals surface area contributed by atoms with Gasteiger partial charge in [0.1, 0.15) is 11.3 Å². The Bertz CT molecular complexity index is 675. The number of benzene rings is 2. The molecule has 21 heavy (non-hydrogen) atoms. The van der Waals surface area contributed by atoms with Crippen LogP contribution in [-0.2, 0) is 0 Å². The molecule has 0 unspecified atom stereocenters. The molecule has 3 N–H and O–H groups in total. The summed E-state index contributed by atoms with van der Waals surface area (Å²) in [6.07, 6.45) is 0. The molecule has 4 nitrogen and oxygen atoms in total. The third-order valence-electron chi connectivity index (χ3n) is 2.76. The number of ether oxygens (including phenoxy) is 1. The lowest BCUT2D eigenvalue weighted by Gasteiger charge is -2.13. The number of halogens is 2. The van der Waals surface area contributed by atoms with Crippen LogP contribution in [0.2, 0.25) is 0 Å². The number of carbonyl (C=O) groups excluding carboxylic acids is 1. The molecule has 0 radical (unpaired) electrons. The number of nitrogens with one attached hydrogen (secondary N) is 1. The first-order valence-electron chi connectivity index (χ1n) is 6.30. The third-order valence-corrected chi connectivity index (χ3v) is 3.95. The van der Waals surface area contributed by atoms with E-state index >= 15 is 0 Å². The number of nitrogen functional groups attached to an aromatic ring is 1. The molecule has 2 rings (SSSR count). The Morgan fingerprint density at radius 1 is 1.29 bits per heavy atom. The molecule has 0 aliphatic carbocycles. The molecule has 0 heterocycles. The van der Waals surface area contributed by atoms with Gasteiger partial charge in [0, 0.05) is 14.6 Å². The van der Waals surface area contributed by atoms with Gasteiger partial charge in [-0.25, -0.2) is 0 Å². The second-order valence-corrected chi connectivity index (χ2v) is 6.00. The molecule has 0 spiro atoms. The Morgan fingerprint density at radius 2 is 2.05 bits per heavy atom. The second kappa shape index (κ2) is 6.95. The zero-order valence-electron chi connectivity index (χ0n) is 11.3. The van der Waals surface area contributed by atoms with Crippen LogP contribution < -0.4 is 15.8 Å². The van der Waals surface area contributed by atoms with E-state index in [0.717, 1.165) is 8.95 Å². The van der Waals surface area contributed by atoms with Crippen molar-refractivity contribution in [3.05, 3.63) is 50.9 Å². The topological polar surface area (TPSA) is 64.3 Å². The van der Waals surface area contributed by atoms with Crippen molar-refractivity contribution in [2.75, 3.05) is 17.7 Å². The van der Waals surface area contributed by atoms with Gasteiger partial charge in [-0.1, -0.05) is 22.0 Å². The summed E-state index contributed by atoms with van der Waals surface area (Å²) in [5, 5.41) is 2.83. The summed E-state index contributed by atoms with van der Waals surface area (Å²) in [5.74, 6) is 0.163. The minimum atomic E-state index is -0.310. The van der Waals surface area contributed by atoms with Crippen molar-refractivity contribution in [2.24, 2.45) is 0 Å². The van der Waals surface area contributed by atoms with Crippen LogP contribution in [-0.4, -0.2) is 12.5 Å². The number of anilines is 2. The van der Waals surface area contributed by atoms with Crippen LogP contribution in [0.3, 0.4) is 0 Å². The normalized spacial score (nSPS) is 10.2. The fourth-order valence-corrected chi connectivity index (χ4v) is 2.55. The molecule has 0 bridgehead atoms. The van der Waals surface area contributed by atoms with Crippen LogP contribution in [0.1, 0.15) is 17.3 Å². The van der Waals surface area contributed by atoms with Crippen LogP contribution in [0.5, 0.6) is 5.75 Å². The van der Waals surface area contributed by atoms with Crippen molar-refractivity contribution in [1.82, 2.24) is 0 Å². The molecule has 0 aliphatic rings. The van der Waals surface area contributed by atoms with E-state index in [-0.39, 0.29) is 5.91 Å². The van der Waals surface area contributed by atoms with Gasteiger partial charge < -0.3 is 15.8 Å².